The fourth-order valence-corrected chi connectivity index (χ4v) is 1.96. The SMILES string of the molecule is CO[SiH2]CCC(OC(C)C)OC(C)C. The first-order valence-electron chi connectivity index (χ1n) is 5.36. The first-order valence-corrected chi connectivity index (χ1v) is 6.93. The Kier molecular flexibility index (Phi) is 8.47. The first kappa shape index (κ1) is 14.1. The minimum atomic E-state index is -0.349. The van der Waals surface area contributed by atoms with Crippen LogP contribution in [0.1, 0.15) is 34.1 Å². The summed E-state index contributed by atoms with van der Waals surface area (Å²) in [6.45, 7) is 8.13. The first-order chi connectivity index (χ1) is 6.56. The zero-order chi connectivity index (χ0) is 11.0. The number of hydrogen-bond acceptors (Lipinski definition) is 3. The summed E-state index contributed by atoms with van der Waals surface area (Å²) in [4.78, 5) is 0. The van der Waals surface area contributed by atoms with Crippen LogP contribution in [-0.4, -0.2) is 35.4 Å². The molecule has 0 fully saturated rings. The number of hydrogen-bond donors (Lipinski definition) is 0. The molecule has 0 unspecified atom stereocenters. The summed E-state index contributed by atoms with van der Waals surface area (Å²) in [6, 6.07) is 1.11. The molecular formula is C10H24O3Si. The smallest absolute Gasteiger partial charge is 0.161 e. The number of ether oxygens (including phenoxy) is 2. The highest BCUT2D eigenvalue weighted by atomic mass is 28.2. The summed E-state index contributed by atoms with van der Waals surface area (Å²) in [5.41, 5.74) is 0. The molecule has 0 N–H and O–H groups in total. The second-order valence-corrected chi connectivity index (χ2v) is 5.63. The Bertz CT molecular complexity index is 119. The maximum atomic E-state index is 5.65. The lowest BCUT2D eigenvalue weighted by Gasteiger charge is -2.22. The molecule has 0 aromatic heterocycles. The zero-order valence-electron chi connectivity index (χ0n) is 10.1. The van der Waals surface area contributed by atoms with Gasteiger partial charge in [-0.25, -0.2) is 0 Å². The molecule has 0 radical (unpaired) electrons. The van der Waals surface area contributed by atoms with E-state index in [1.807, 2.05) is 27.7 Å². The van der Waals surface area contributed by atoms with Gasteiger partial charge in [0.1, 0.15) is 0 Å². The molecule has 0 rings (SSSR count). The van der Waals surface area contributed by atoms with Crippen molar-refractivity contribution in [2.45, 2.75) is 58.7 Å². The molecular weight excluding hydrogens is 196 g/mol. The van der Waals surface area contributed by atoms with Crippen LogP contribution in [0.15, 0.2) is 0 Å². The van der Waals surface area contributed by atoms with Crippen LogP contribution in [0.4, 0.5) is 0 Å². The lowest BCUT2D eigenvalue weighted by Crippen LogP contribution is -2.25. The molecule has 0 aliphatic heterocycles. The van der Waals surface area contributed by atoms with E-state index in [1.165, 1.54) is 0 Å². The average Bonchev–Trinajstić information content (AvgIpc) is 2.02. The molecule has 0 aromatic carbocycles. The minimum Gasteiger partial charge on any atom is -0.427 e. The lowest BCUT2D eigenvalue weighted by atomic mass is 10.4. The van der Waals surface area contributed by atoms with Crippen LogP contribution in [0.5, 0.6) is 0 Å². The van der Waals surface area contributed by atoms with Crippen LogP contribution in [0.2, 0.25) is 6.04 Å². The fraction of sp³-hybridized carbons (Fsp3) is 1.00. The quantitative estimate of drug-likeness (QED) is 0.354. The summed E-state index contributed by atoms with van der Waals surface area (Å²) >= 11 is 0. The van der Waals surface area contributed by atoms with Gasteiger partial charge >= 0.3 is 0 Å². The molecule has 0 saturated carbocycles. The second kappa shape index (κ2) is 8.41. The summed E-state index contributed by atoms with van der Waals surface area (Å²) in [7, 11) is 1.42. The van der Waals surface area contributed by atoms with E-state index >= 15 is 0 Å². The van der Waals surface area contributed by atoms with E-state index in [0.717, 1.165) is 12.5 Å². The van der Waals surface area contributed by atoms with E-state index in [0.29, 0.717) is 0 Å². The molecule has 0 aromatic rings. The van der Waals surface area contributed by atoms with Crippen molar-refractivity contribution in [1.29, 1.82) is 0 Å². The van der Waals surface area contributed by atoms with Crippen LogP contribution >= 0.6 is 0 Å². The molecule has 0 atom stereocenters. The van der Waals surface area contributed by atoms with Gasteiger partial charge in [-0.2, -0.15) is 0 Å². The van der Waals surface area contributed by atoms with Crippen molar-refractivity contribution in [1.82, 2.24) is 0 Å². The predicted octanol–water partition coefficient (Wildman–Crippen LogP) is 1.70. The molecule has 0 saturated heterocycles. The van der Waals surface area contributed by atoms with Crippen LogP contribution in [0.3, 0.4) is 0 Å². The predicted molar refractivity (Wildman–Crippen MR) is 61.2 cm³/mol. The van der Waals surface area contributed by atoms with Gasteiger partial charge in [-0.1, -0.05) is 0 Å². The molecule has 86 valence electrons. The molecule has 0 heterocycles. The fourth-order valence-electron chi connectivity index (χ4n) is 1.17. The van der Waals surface area contributed by atoms with E-state index in [2.05, 4.69) is 0 Å². The monoisotopic (exact) mass is 220 g/mol. The highest BCUT2D eigenvalue weighted by Crippen LogP contribution is 2.10. The molecule has 4 heteroatoms. The van der Waals surface area contributed by atoms with Crippen LogP contribution in [0, 0.1) is 0 Å². The molecule has 14 heavy (non-hydrogen) atoms. The Morgan fingerprint density at radius 3 is 1.86 bits per heavy atom. The topological polar surface area (TPSA) is 27.7 Å². The van der Waals surface area contributed by atoms with Gasteiger partial charge in [-0.05, 0) is 40.2 Å². The van der Waals surface area contributed by atoms with Gasteiger partial charge in [-0.15, -0.1) is 0 Å². The highest BCUT2D eigenvalue weighted by Gasteiger charge is 2.12. The third-order valence-corrected chi connectivity index (χ3v) is 2.74. The molecule has 0 amide bonds. The van der Waals surface area contributed by atoms with Crippen LogP contribution in [-0.2, 0) is 13.9 Å². The minimum absolute atomic E-state index is 0.0577. The molecule has 0 aliphatic rings. The van der Waals surface area contributed by atoms with Crippen molar-refractivity contribution in [2.75, 3.05) is 7.11 Å². The van der Waals surface area contributed by atoms with E-state index in [-0.39, 0.29) is 28.3 Å². The lowest BCUT2D eigenvalue weighted by molar-refractivity contribution is -0.181. The summed E-state index contributed by atoms with van der Waals surface area (Å²) in [5.74, 6) is 0. The van der Waals surface area contributed by atoms with Crippen molar-refractivity contribution in [3.05, 3.63) is 0 Å². The van der Waals surface area contributed by atoms with Crippen molar-refractivity contribution in [2.24, 2.45) is 0 Å². The molecule has 3 nitrogen and oxygen atoms in total. The second-order valence-electron chi connectivity index (χ2n) is 3.93. The van der Waals surface area contributed by atoms with Crippen molar-refractivity contribution < 1.29 is 13.9 Å². The maximum Gasteiger partial charge on any atom is 0.161 e. The van der Waals surface area contributed by atoms with E-state index in [9.17, 15) is 0 Å². The van der Waals surface area contributed by atoms with Crippen molar-refractivity contribution in [3.8, 4) is 0 Å². The van der Waals surface area contributed by atoms with E-state index in [1.54, 1.807) is 7.11 Å². The Balaban J connectivity index is 3.72. The Labute approximate surface area is 90.1 Å². The molecule has 0 aliphatic carbocycles. The van der Waals surface area contributed by atoms with Gasteiger partial charge in [0, 0.05) is 7.11 Å². The average molecular weight is 220 g/mol. The van der Waals surface area contributed by atoms with Gasteiger partial charge in [0.15, 0.2) is 16.1 Å². The Morgan fingerprint density at radius 2 is 1.50 bits per heavy atom. The zero-order valence-corrected chi connectivity index (χ0v) is 11.5. The largest absolute Gasteiger partial charge is 0.427 e. The number of rotatable bonds is 8. The van der Waals surface area contributed by atoms with Gasteiger partial charge in [0.25, 0.3) is 0 Å². The summed E-state index contributed by atoms with van der Waals surface area (Å²) < 4.78 is 16.4. The summed E-state index contributed by atoms with van der Waals surface area (Å²) in [6.07, 6.45) is 1.35. The van der Waals surface area contributed by atoms with Crippen LogP contribution in [0.25, 0.3) is 0 Å². The van der Waals surface area contributed by atoms with Gasteiger partial charge in [-0.3, -0.25) is 0 Å². The van der Waals surface area contributed by atoms with E-state index in [4.69, 9.17) is 13.9 Å². The van der Waals surface area contributed by atoms with Crippen molar-refractivity contribution >= 4 is 9.76 Å². The standard InChI is InChI=1S/C10H24O3Si/c1-8(2)12-10(13-9(3)4)6-7-14-11-5/h8-10H,6-7,14H2,1-5H3. The third-order valence-electron chi connectivity index (χ3n) is 1.64. The maximum absolute atomic E-state index is 5.65. The van der Waals surface area contributed by atoms with Gasteiger partial charge in [0.2, 0.25) is 0 Å². The van der Waals surface area contributed by atoms with Gasteiger partial charge < -0.3 is 13.9 Å². The Hall–Kier alpha value is 0.0969. The summed E-state index contributed by atoms with van der Waals surface area (Å²) in [5, 5.41) is 0. The van der Waals surface area contributed by atoms with E-state index < -0.39 is 0 Å². The Morgan fingerprint density at radius 1 is 1.00 bits per heavy atom. The van der Waals surface area contributed by atoms with Crippen molar-refractivity contribution in [3.63, 3.8) is 0 Å². The molecule has 0 bridgehead atoms. The van der Waals surface area contributed by atoms with Crippen LogP contribution < -0.4 is 0 Å². The molecule has 0 spiro atoms. The van der Waals surface area contributed by atoms with Gasteiger partial charge in [0.05, 0.1) is 12.2 Å². The third kappa shape index (κ3) is 8.68. The highest BCUT2D eigenvalue weighted by molar-refractivity contribution is 6.26. The normalized spacial score (nSPS) is 12.9.